The number of aromatic amines is 4. The van der Waals surface area contributed by atoms with Gasteiger partial charge in [-0.15, -0.1) is 0 Å². The van der Waals surface area contributed by atoms with E-state index < -0.39 is 0 Å². The second kappa shape index (κ2) is 50.2. The molecule has 0 radical (unpaired) electrons. The van der Waals surface area contributed by atoms with E-state index in [9.17, 15) is 0 Å². The molecular weight excluding hydrogens is 1920 g/mol. The minimum Gasteiger partial charge on any atom is -0.365 e. The van der Waals surface area contributed by atoms with Gasteiger partial charge in [0.2, 0.25) is 0 Å². The summed E-state index contributed by atoms with van der Waals surface area (Å²) >= 11 is 55.5. The smallest absolute Gasteiger partial charge is 0.157 e. The van der Waals surface area contributed by atoms with E-state index in [4.69, 9.17) is 85.3 Å². The van der Waals surface area contributed by atoms with Crippen LogP contribution in [0.1, 0.15) is 195 Å². The van der Waals surface area contributed by atoms with Crippen molar-refractivity contribution >= 4 is 234 Å². The van der Waals surface area contributed by atoms with Crippen molar-refractivity contribution in [1.29, 1.82) is 0 Å². The van der Waals surface area contributed by atoms with E-state index in [0.717, 1.165) is 171 Å². The molecule has 0 unspecified atom stereocenters. The highest BCUT2D eigenvalue weighted by Crippen LogP contribution is 2.42. The van der Waals surface area contributed by atoms with Gasteiger partial charge in [0.25, 0.3) is 0 Å². The first kappa shape index (κ1) is 97.1. The molecule has 0 amide bonds. The molecule has 0 spiro atoms. The monoisotopic (exact) mass is 2020 g/mol. The Hall–Kier alpha value is -4.48. The number of hydrogen-bond donors (Lipinski definition) is 7. The standard InChI is InChI=1S/C22H26Cl2N4.C20H24Cl2N4.C14H21BrN4.C7H5BrClN3.C7H6ClN3.C7H17N.C2H4Br2.CH4.Br2/c1-4-6-16(7-5-2)28-11-10-27-13-18(17-9-8-15(23)12-19(17)24)20-21(27)22(28)26-14(3)25-20;1-4-6-14(7-5-2)26-20-19-18(24-12(3)25-20)16(11-23-19)15-9-8-13(21)10-17(15)22;1-4-6-10(7-5-2)19-14-13-12(11(15)8-16-13)17-9(3)18-14;1-3-11-5-4(8)2-10-6(5)7(9)12-3;1-4-10-5-2-3-9-6(5)7(8)11-4;1-3-5-7(8)6-4-2;3-1-2-4;;1-2/h8-9,12-13,16H,4-7,10-11H2,1-3H3;8-11,14,23H,4-7H2,1-3H3,(H,24,25,26);8,10,16H,4-7H2,1-3H3,(H,17,18,19);2,10H,1H3;2-3,9H,1H3;7H,3-6,8H2,1-2H3;1-2H2;1H4;. The molecule has 1 aliphatic heterocycles. The molecule has 13 rings (SSSR count). The van der Waals surface area contributed by atoms with E-state index in [1.54, 1.807) is 24.5 Å². The lowest BCUT2D eigenvalue weighted by Crippen LogP contribution is -2.41. The molecule has 0 saturated heterocycles. The Balaban J connectivity index is 0.000000245. The molecule has 0 fully saturated rings. The van der Waals surface area contributed by atoms with Crippen LogP contribution in [0.25, 0.3) is 77.4 Å². The fraction of sp³-hybridized carbons (Fsp3) is 0.475. The van der Waals surface area contributed by atoms with E-state index in [1.165, 1.54) is 77.0 Å². The van der Waals surface area contributed by atoms with Gasteiger partial charge >= 0.3 is 0 Å². The normalized spacial score (nSPS) is 11.4. The third-order valence-electron chi connectivity index (χ3n) is 17.7. The van der Waals surface area contributed by atoms with Crippen LogP contribution < -0.4 is 21.3 Å². The minimum atomic E-state index is 0. The number of alkyl halides is 2. The number of rotatable bonds is 24. The molecule has 0 aliphatic carbocycles. The van der Waals surface area contributed by atoms with Gasteiger partial charge in [0.15, 0.2) is 27.8 Å². The first-order chi connectivity index (χ1) is 52.9. The van der Waals surface area contributed by atoms with Gasteiger partial charge in [-0.3, -0.25) is 0 Å². The van der Waals surface area contributed by atoms with Crippen molar-refractivity contribution in [3.05, 3.63) is 142 Å². The number of benzene rings is 2. The number of fused-ring (bicyclic) bond motifs is 4. The van der Waals surface area contributed by atoms with Crippen LogP contribution >= 0.6 is 162 Å². The Morgan fingerprint density at radius 1 is 0.450 bits per heavy atom. The molecule has 19 nitrogen and oxygen atoms in total. The lowest BCUT2D eigenvalue weighted by atomic mass is 10.0. The second-order valence-corrected chi connectivity index (χ2v) is 32.2. The van der Waals surface area contributed by atoms with Crippen LogP contribution in [0.4, 0.5) is 17.5 Å². The molecular formula is C80H107Br6Cl6N19. The van der Waals surface area contributed by atoms with E-state index in [0.29, 0.717) is 66.2 Å². The van der Waals surface area contributed by atoms with Gasteiger partial charge in [0, 0.05) is 139 Å². The number of H-pyrrole nitrogens is 4. The Bertz CT molecular complexity index is 4770. The van der Waals surface area contributed by atoms with Crippen LogP contribution in [0, 0.1) is 34.6 Å². The highest BCUT2D eigenvalue weighted by Gasteiger charge is 2.30. The summed E-state index contributed by atoms with van der Waals surface area (Å²) in [7, 11) is 0. The maximum Gasteiger partial charge on any atom is 0.157 e. The quantitative estimate of drug-likeness (QED) is 0.0220. The first-order valence-electron chi connectivity index (χ1n) is 37.5. The zero-order valence-electron chi connectivity index (χ0n) is 64.9. The summed E-state index contributed by atoms with van der Waals surface area (Å²) in [6.45, 7) is 29.1. The summed E-state index contributed by atoms with van der Waals surface area (Å²) in [6, 6.07) is 14.9. The molecule has 1 aliphatic rings. The molecule has 0 atom stereocenters. The van der Waals surface area contributed by atoms with Crippen molar-refractivity contribution in [1.82, 2.24) is 74.3 Å². The predicted molar refractivity (Wildman–Crippen MR) is 498 cm³/mol. The van der Waals surface area contributed by atoms with E-state index >= 15 is 0 Å². The average Bonchev–Trinajstić information content (AvgIpc) is 1.59. The van der Waals surface area contributed by atoms with E-state index in [1.807, 2.05) is 77.3 Å². The van der Waals surface area contributed by atoms with Crippen molar-refractivity contribution in [2.24, 2.45) is 5.73 Å². The topological polar surface area (TPSA) is 250 Å². The van der Waals surface area contributed by atoms with Gasteiger partial charge in [-0.2, -0.15) is 0 Å². The SMILES string of the molecule is BrBr.BrCCBr.C.CCCC(CCC)N1CCn2cc(-c3ccc(Cl)cc3Cl)c3nc(C)nc1c32.CCCC(CCC)Nc1nc(C)nc2c(-c3ccc(Cl)cc3Cl)c[nH]c12.CCCC(CCC)Nc1nc(C)nc2c(Br)c[nH]c12.CCCC(N)CCC.Cc1nc(Cl)c2[nH]cc(Br)c2n1.Cc1nc(Cl)c2[nH]ccc2n1. The van der Waals surface area contributed by atoms with Crippen LogP contribution in [0.5, 0.6) is 0 Å². The zero-order valence-corrected chi connectivity index (χ0v) is 78.9. The predicted octanol–water partition coefficient (Wildman–Crippen LogP) is 28.2. The van der Waals surface area contributed by atoms with Crippen molar-refractivity contribution in [3.8, 4) is 22.3 Å². The number of anilines is 3. The summed E-state index contributed by atoms with van der Waals surface area (Å²) in [5.74, 6) is 6.53. The number of aromatic nitrogens is 15. The van der Waals surface area contributed by atoms with Gasteiger partial charge in [-0.25, -0.2) is 49.8 Å². The molecule has 8 N–H and O–H groups in total. The Morgan fingerprint density at radius 2 is 0.865 bits per heavy atom. The fourth-order valence-corrected chi connectivity index (χ4v) is 15.4. The molecule has 0 bridgehead atoms. The summed E-state index contributed by atoms with van der Waals surface area (Å²) < 4.78 is 4.18. The molecule has 12 aromatic rings. The lowest BCUT2D eigenvalue weighted by molar-refractivity contribution is 0.479. The van der Waals surface area contributed by atoms with Crippen LogP contribution in [0.15, 0.2) is 82.4 Å². The van der Waals surface area contributed by atoms with Crippen molar-refractivity contribution in [2.75, 3.05) is 32.7 Å². The number of nitrogens with two attached hydrogens (primary N) is 1. The molecule has 0 saturated carbocycles. The summed E-state index contributed by atoms with van der Waals surface area (Å²) in [4.78, 5) is 59.4. The average molecular weight is 2030 g/mol. The largest absolute Gasteiger partial charge is 0.365 e. The highest BCUT2D eigenvalue weighted by molar-refractivity contribution is 9.93. The van der Waals surface area contributed by atoms with Gasteiger partial charge < -0.3 is 45.8 Å². The van der Waals surface area contributed by atoms with E-state index in [-0.39, 0.29) is 7.43 Å². The highest BCUT2D eigenvalue weighted by atomic mass is 80.9. The van der Waals surface area contributed by atoms with Crippen LogP contribution in [0.2, 0.25) is 30.4 Å². The lowest BCUT2D eigenvalue weighted by Gasteiger charge is -2.36. The number of aryl methyl sites for hydroxylation is 5. The van der Waals surface area contributed by atoms with Gasteiger partial charge in [0.1, 0.15) is 78.8 Å². The molecule has 10 aromatic heterocycles. The zero-order chi connectivity index (χ0) is 80.7. The van der Waals surface area contributed by atoms with Crippen molar-refractivity contribution < 1.29 is 0 Å². The number of hydrogen-bond acceptors (Lipinski definition) is 14. The second-order valence-electron chi connectivity index (χ2n) is 26.5. The summed E-state index contributed by atoms with van der Waals surface area (Å²) in [6.07, 6.45) is 28.4. The number of halogens is 12. The maximum atomic E-state index is 6.53. The molecule has 2 aromatic carbocycles. The minimum absolute atomic E-state index is 0. The fourth-order valence-electron chi connectivity index (χ4n) is 13.0. The third-order valence-corrected chi connectivity index (χ3v) is 22.4. The molecule has 11 heterocycles. The van der Waals surface area contributed by atoms with Crippen molar-refractivity contribution in [2.45, 2.75) is 231 Å². The summed E-state index contributed by atoms with van der Waals surface area (Å²) in [5, 5.41) is 12.8. The Labute approximate surface area is 734 Å². The Morgan fingerprint density at radius 3 is 1.35 bits per heavy atom. The number of nitrogens with one attached hydrogen (secondary N) is 6. The van der Waals surface area contributed by atoms with Gasteiger partial charge in [-0.1, -0.05) is 228 Å². The van der Waals surface area contributed by atoms with Crippen LogP contribution in [-0.4, -0.2) is 116 Å². The van der Waals surface area contributed by atoms with E-state index in [2.05, 4.69) is 233 Å². The number of nitrogens with zero attached hydrogens (tertiary/aromatic N) is 12. The van der Waals surface area contributed by atoms with Gasteiger partial charge in [0.05, 0.1) is 24.5 Å². The molecule has 606 valence electrons. The van der Waals surface area contributed by atoms with Gasteiger partial charge in [-0.05, 0) is 148 Å². The maximum absolute atomic E-state index is 6.53. The Kier molecular flexibility index (Phi) is 43.9. The first-order valence-corrected chi connectivity index (χ1v) is 47.3. The summed E-state index contributed by atoms with van der Waals surface area (Å²) in [5.41, 5.74) is 18.6. The van der Waals surface area contributed by atoms with Crippen LogP contribution in [-0.2, 0) is 6.54 Å². The van der Waals surface area contributed by atoms with Crippen LogP contribution in [0.3, 0.4) is 0 Å². The molecule has 31 heteroatoms. The third kappa shape index (κ3) is 28.1. The molecule has 111 heavy (non-hydrogen) atoms. The van der Waals surface area contributed by atoms with Crippen molar-refractivity contribution in [3.63, 3.8) is 0 Å².